The number of nitrogens with one attached hydrogen (secondary N) is 1. The number of sulfonamides is 1. The SMILES string of the molecule is Cc1ccc([C@H](c2ccn3c(C(F)(F)F)nnc3c2C)C(C)(C)C(=O)O)cc1CN1CC2(CCNCC2)Oc2ncccc2S1(=O)=O. The van der Waals surface area contributed by atoms with Gasteiger partial charge in [-0.25, -0.2) is 13.4 Å². The van der Waals surface area contributed by atoms with Crippen LogP contribution >= 0.6 is 0 Å². The van der Waals surface area contributed by atoms with Crippen LogP contribution in [0.4, 0.5) is 13.2 Å². The summed E-state index contributed by atoms with van der Waals surface area (Å²) in [6, 6.07) is 9.87. The van der Waals surface area contributed by atoms with Gasteiger partial charge in [0.1, 0.15) is 10.5 Å². The summed E-state index contributed by atoms with van der Waals surface area (Å²) >= 11 is 0. The van der Waals surface area contributed by atoms with E-state index in [0.717, 1.165) is 9.96 Å². The molecule has 2 N–H and O–H groups in total. The molecule has 47 heavy (non-hydrogen) atoms. The van der Waals surface area contributed by atoms with Crippen molar-refractivity contribution in [3.8, 4) is 5.88 Å². The number of carboxylic acids is 1. The van der Waals surface area contributed by atoms with Gasteiger partial charge < -0.3 is 15.2 Å². The molecule has 1 aromatic carbocycles. The Morgan fingerprint density at radius 1 is 1.13 bits per heavy atom. The van der Waals surface area contributed by atoms with E-state index in [4.69, 9.17) is 4.74 Å². The summed E-state index contributed by atoms with van der Waals surface area (Å²) in [5.74, 6) is -3.08. The van der Waals surface area contributed by atoms with Crippen molar-refractivity contribution in [1.29, 1.82) is 0 Å². The van der Waals surface area contributed by atoms with Gasteiger partial charge in [0.15, 0.2) is 5.65 Å². The number of pyridine rings is 2. The molecule has 0 aliphatic carbocycles. The first-order valence-corrected chi connectivity index (χ1v) is 16.6. The zero-order valence-corrected chi connectivity index (χ0v) is 27.1. The fourth-order valence-electron chi connectivity index (χ4n) is 6.66. The van der Waals surface area contributed by atoms with Crippen LogP contribution in [0, 0.1) is 19.3 Å². The van der Waals surface area contributed by atoms with Crippen molar-refractivity contribution < 1.29 is 36.2 Å². The summed E-state index contributed by atoms with van der Waals surface area (Å²) in [5, 5.41) is 20.8. The molecule has 4 aromatic rings. The van der Waals surface area contributed by atoms with Crippen LogP contribution in [0.5, 0.6) is 5.88 Å². The van der Waals surface area contributed by atoms with E-state index < -0.39 is 44.9 Å². The second-order valence-electron chi connectivity index (χ2n) is 12.9. The number of aryl methyl sites for hydroxylation is 2. The van der Waals surface area contributed by atoms with E-state index in [9.17, 15) is 31.5 Å². The summed E-state index contributed by atoms with van der Waals surface area (Å²) in [6.07, 6.45) is -0.887. The smallest absolute Gasteiger partial charge is 0.452 e. The number of alkyl halides is 3. The number of fused-ring (bicyclic) bond motifs is 2. The Hall–Kier alpha value is -4.08. The molecule has 15 heteroatoms. The Bertz CT molecular complexity index is 1970. The topological polar surface area (TPSA) is 139 Å². The van der Waals surface area contributed by atoms with Gasteiger partial charge >= 0.3 is 12.1 Å². The quantitative estimate of drug-likeness (QED) is 0.298. The average Bonchev–Trinajstić information content (AvgIpc) is 3.43. The minimum atomic E-state index is -4.74. The lowest BCUT2D eigenvalue weighted by Crippen LogP contribution is -2.53. The van der Waals surface area contributed by atoms with E-state index in [1.165, 1.54) is 28.8 Å². The monoisotopic (exact) mass is 672 g/mol. The van der Waals surface area contributed by atoms with Crippen LogP contribution in [-0.4, -0.2) is 68.6 Å². The van der Waals surface area contributed by atoms with Crippen molar-refractivity contribution in [2.45, 2.75) is 69.7 Å². The van der Waals surface area contributed by atoms with Crippen molar-refractivity contribution in [1.82, 2.24) is 29.2 Å². The lowest BCUT2D eigenvalue weighted by atomic mass is 9.70. The maximum absolute atomic E-state index is 14.1. The molecule has 0 amide bonds. The summed E-state index contributed by atoms with van der Waals surface area (Å²) < 4.78 is 77.6. The second-order valence-corrected chi connectivity index (χ2v) is 14.8. The van der Waals surface area contributed by atoms with Gasteiger partial charge in [0.05, 0.1) is 12.0 Å². The van der Waals surface area contributed by atoms with E-state index in [1.54, 1.807) is 45.0 Å². The number of aliphatic carboxylic acids is 1. The summed E-state index contributed by atoms with van der Waals surface area (Å²) in [4.78, 5) is 16.9. The molecular weight excluding hydrogens is 637 g/mol. The highest BCUT2D eigenvalue weighted by molar-refractivity contribution is 7.89. The molecular formula is C32H35F3N6O5S. The maximum Gasteiger partial charge on any atom is 0.452 e. The van der Waals surface area contributed by atoms with Crippen LogP contribution in [0.15, 0.2) is 53.7 Å². The predicted molar refractivity (Wildman–Crippen MR) is 164 cm³/mol. The molecule has 250 valence electrons. The summed E-state index contributed by atoms with van der Waals surface area (Å²) in [6.45, 7) is 7.91. The summed E-state index contributed by atoms with van der Waals surface area (Å²) in [5.41, 5.74) is 0.533. The number of piperidine rings is 1. The van der Waals surface area contributed by atoms with Gasteiger partial charge in [0, 0.05) is 37.7 Å². The Morgan fingerprint density at radius 3 is 2.53 bits per heavy atom. The molecule has 3 aromatic heterocycles. The molecule has 1 atom stereocenters. The molecule has 2 aliphatic heterocycles. The van der Waals surface area contributed by atoms with Crippen LogP contribution in [-0.2, 0) is 27.5 Å². The Kier molecular flexibility index (Phi) is 8.08. The van der Waals surface area contributed by atoms with Gasteiger partial charge in [-0.15, -0.1) is 10.2 Å². The number of benzene rings is 1. The first kappa shape index (κ1) is 32.8. The number of carbonyl (C=O) groups is 1. The lowest BCUT2D eigenvalue weighted by Gasteiger charge is -2.38. The fourth-order valence-corrected chi connectivity index (χ4v) is 8.22. The molecule has 0 saturated carbocycles. The third-order valence-corrected chi connectivity index (χ3v) is 11.2. The molecule has 0 unspecified atom stereocenters. The van der Waals surface area contributed by atoms with Crippen molar-refractivity contribution in [2.24, 2.45) is 5.41 Å². The first-order valence-electron chi connectivity index (χ1n) is 15.1. The maximum atomic E-state index is 14.1. The number of ether oxygens (including phenoxy) is 1. The zero-order valence-electron chi connectivity index (χ0n) is 26.3. The molecule has 0 radical (unpaired) electrons. The molecule has 1 spiro atoms. The third-order valence-electron chi connectivity index (χ3n) is 9.40. The van der Waals surface area contributed by atoms with Gasteiger partial charge in [0.2, 0.25) is 21.7 Å². The van der Waals surface area contributed by atoms with Crippen molar-refractivity contribution in [3.05, 3.63) is 82.4 Å². The Balaban J connectivity index is 1.46. The number of carboxylic acid groups (broad SMARTS) is 1. The van der Waals surface area contributed by atoms with Crippen molar-refractivity contribution >= 4 is 21.6 Å². The molecule has 1 fully saturated rings. The fraction of sp³-hybridized carbons (Fsp3) is 0.438. The standard InChI is InChI=1S/C32H35F3N6O5S/c1-19-7-8-21(25(30(3,4)29(42)43)23-9-15-41-26(20(23)2)38-39-28(41)32(33,34)35)16-22(19)17-40-18-31(10-13-36-14-11-31)46-27-24(47(40,44)45)6-5-12-37-27/h5-9,12,15-16,25,36H,10-11,13-14,17-18H2,1-4H3,(H,42,43)/t25-/m1/s1. The van der Waals surface area contributed by atoms with E-state index in [-0.39, 0.29) is 29.5 Å². The van der Waals surface area contributed by atoms with Crippen LogP contribution in [0.25, 0.3) is 5.65 Å². The number of rotatable bonds is 6. The molecule has 11 nitrogen and oxygen atoms in total. The average molecular weight is 673 g/mol. The highest BCUT2D eigenvalue weighted by Gasteiger charge is 2.46. The normalized spacial score (nSPS) is 18.8. The number of nitrogens with zero attached hydrogens (tertiary/aromatic N) is 5. The number of aromatic nitrogens is 4. The van der Waals surface area contributed by atoms with E-state index in [0.29, 0.717) is 48.2 Å². The second kappa shape index (κ2) is 11.6. The summed E-state index contributed by atoms with van der Waals surface area (Å²) in [7, 11) is -4.06. The minimum absolute atomic E-state index is 0.0216. The van der Waals surface area contributed by atoms with Gasteiger partial charge in [-0.2, -0.15) is 17.5 Å². The van der Waals surface area contributed by atoms with E-state index in [1.807, 2.05) is 6.92 Å². The van der Waals surface area contributed by atoms with Gasteiger partial charge in [-0.05, 0) is 86.8 Å². The Morgan fingerprint density at radius 2 is 1.85 bits per heavy atom. The number of hydrogen-bond donors (Lipinski definition) is 2. The predicted octanol–water partition coefficient (Wildman–Crippen LogP) is 4.71. The van der Waals surface area contributed by atoms with Crippen LogP contribution < -0.4 is 10.1 Å². The number of hydrogen-bond acceptors (Lipinski definition) is 8. The van der Waals surface area contributed by atoms with Crippen molar-refractivity contribution in [2.75, 3.05) is 19.6 Å². The molecule has 0 bridgehead atoms. The van der Waals surface area contributed by atoms with Crippen molar-refractivity contribution in [3.63, 3.8) is 0 Å². The lowest BCUT2D eigenvalue weighted by molar-refractivity contribution is -0.147. The number of halogens is 3. The highest BCUT2D eigenvalue weighted by Crippen LogP contribution is 2.44. The van der Waals surface area contributed by atoms with E-state index in [2.05, 4.69) is 20.5 Å². The van der Waals surface area contributed by atoms with Crippen LogP contribution in [0.1, 0.15) is 66.2 Å². The van der Waals surface area contributed by atoms with Gasteiger partial charge in [-0.3, -0.25) is 9.20 Å². The molecule has 1 saturated heterocycles. The first-order chi connectivity index (χ1) is 22.0. The van der Waals surface area contributed by atoms with Gasteiger partial charge in [-0.1, -0.05) is 18.2 Å². The van der Waals surface area contributed by atoms with Crippen LogP contribution in [0.3, 0.4) is 0 Å². The molecule has 5 heterocycles. The Labute approximate surface area is 269 Å². The molecule has 2 aliphatic rings. The molecule has 6 rings (SSSR count). The zero-order chi connectivity index (χ0) is 33.9. The minimum Gasteiger partial charge on any atom is -0.481 e. The van der Waals surface area contributed by atoms with E-state index >= 15 is 0 Å². The third kappa shape index (κ3) is 5.74. The van der Waals surface area contributed by atoms with Crippen LogP contribution in [0.2, 0.25) is 0 Å². The largest absolute Gasteiger partial charge is 0.481 e. The highest BCUT2D eigenvalue weighted by atomic mass is 32.2. The van der Waals surface area contributed by atoms with Gasteiger partial charge in [0.25, 0.3) is 0 Å².